The van der Waals surface area contributed by atoms with E-state index in [1.54, 1.807) is 0 Å². The maximum atomic E-state index is 5.43. The van der Waals surface area contributed by atoms with Gasteiger partial charge >= 0.3 is 0 Å². The number of pyridine rings is 1. The molecule has 18 heavy (non-hydrogen) atoms. The predicted molar refractivity (Wildman–Crippen MR) is 76.1 cm³/mol. The van der Waals surface area contributed by atoms with E-state index in [0.29, 0.717) is 6.61 Å². The Morgan fingerprint density at radius 3 is 2.94 bits per heavy atom. The van der Waals surface area contributed by atoms with Crippen LogP contribution in [0.3, 0.4) is 0 Å². The van der Waals surface area contributed by atoms with Gasteiger partial charge in [0.2, 0.25) is 0 Å². The van der Waals surface area contributed by atoms with Crippen molar-refractivity contribution in [3.63, 3.8) is 0 Å². The third-order valence-electron chi connectivity index (χ3n) is 2.95. The molecule has 0 radical (unpaired) electrons. The highest BCUT2D eigenvalue weighted by Crippen LogP contribution is 2.24. The normalized spacial score (nSPS) is 12.6. The van der Waals surface area contributed by atoms with E-state index in [9.17, 15) is 0 Å². The molecule has 0 spiro atoms. The SMILES string of the molecule is CCOCC(C)Nc1ccc(C)c2ncccc12. The van der Waals surface area contributed by atoms with E-state index < -0.39 is 0 Å². The number of anilines is 1. The number of benzene rings is 1. The summed E-state index contributed by atoms with van der Waals surface area (Å²) in [4.78, 5) is 4.44. The van der Waals surface area contributed by atoms with Gasteiger partial charge in [-0.25, -0.2) is 0 Å². The summed E-state index contributed by atoms with van der Waals surface area (Å²) < 4.78 is 5.43. The molecule has 1 N–H and O–H groups in total. The van der Waals surface area contributed by atoms with Gasteiger partial charge in [0, 0.05) is 29.9 Å². The number of hydrogen-bond donors (Lipinski definition) is 1. The number of ether oxygens (including phenoxy) is 1. The number of nitrogens with one attached hydrogen (secondary N) is 1. The first-order valence-corrected chi connectivity index (χ1v) is 6.41. The Kier molecular flexibility index (Phi) is 4.15. The average Bonchev–Trinajstić information content (AvgIpc) is 2.40. The molecule has 0 aliphatic rings. The van der Waals surface area contributed by atoms with Crippen LogP contribution >= 0.6 is 0 Å². The Balaban J connectivity index is 2.26. The van der Waals surface area contributed by atoms with Crippen molar-refractivity contribution in [1.29, 1.82) is 0 Å². The lowest BCUT2D eigenvalue weighted by molar-refractivity contribution is 0.141. The molecule has 1 aromatic carbocycles. The van der Waals surface area contributed by atoms with Gasteiger partial charge in [-0.3, -0.25) is 4.98 Å². The van der Waals surface area contributed by atoms with Crippen LogP contribution in [0.15, 0.2) is 30.5 Å². The lowest BCUT2D eigenvalue weighted by Crippen LogP contribution is -2.21. The summed E-state index contributed by atoms with van der Waals surface area (Å²) in [6, 6.07) is 8.58. The van der Waals surface area contributed by atoms with Gasteiger partial charge in [0.25, 0.3) is 0 Å². The van der Waals surface area contributed by atoms with Gasteiger partial charge in [0.15, 0.2) is 0 Å². The van der Waals surface area contributed by atoms with Gasteiger partial charge in [-0.1, -0.05) is 6.07 Å². The molecule has 2 aromatic rings. The smallest absolute Gasteiger partial charge is 0.0751 e. The number of hydrogen-bond acceptors (Lipinski definition) is 3. The molecule has 0 aliphatic carbocycles. The molecule has 96 valence electrons. The fourth-order valence-corrected chi connectivity index (χ4v) is 2.04. The van der Waals surface area contributed by atoms with Crippen molar-refractivity contribution in [1.82, 2.24) is 4.98 Å². The zero-order valence-corrected chi connectivity index (χ0v) is 11.2. The molecule has 0 bridgehead atoms. The Hall–Kier alpha value is -1.61. The second-order valence-corrected chi connectivity index (χ2v) is 4.53. The highest BCUT2D eigenvalue weighted by molar-refractivity contribution is 5.93. The number of fused-ring (bicyclic) bond motifs is 1. The van der Waals surface area contributed by atoms with Gasteiger partial charge < -0.3 is 10.1 Å². The van der Waals surface area contributed by atoms with Crippen molar-refractivity contribution in [2.24, 2.45) is 0 Å². The molecule has 0 amide bonds. The molecule has 0 aliphatic heterocycles. The van der Waals surface area contributed by atoms with E-state index in [2.05, 4.69) is 42.3 Å². The monoisotopic (exact) mass is 244 g/mol. The number of aryl methyl sites for hydroxylation is 1. The van der Waals surface area contributed by atoms with Crippen LogP contribution < -0.4 is 5.32 Å². The van der Waals surface area contributed by atoms with Crippen molar-refractivity contribution >= 4 is 16.6 Å². The second-order valence-electron chi connectivity index (χ2n) is 4.53. The van der Waals surface area contributed by atoms with Crippen LogP contribution in [0.4, 0.5) is 5.69 Å². The molecule has 1 aromatic heterocycles. The van der Waals surface area contributed by atoms with Crippen LogP contribution in [0, 0.1) is 6.92 Å². The molecule has 0 saturated carbocycles. The van der Waals surface area contributed by atoms with Crippen molar-refractivity contribution in [2.45, 2.75) is 26.8 Å². The number of nitrogens with zero attached hydrogens (tertiary/aromatic N) is 1. The maximum absolute atomic E-state index is 5.43. The summed E-state index contributed by atoms with van der Waals surface area (Å²) in [7, 11) is 0. The highest BCUT2D eigenvalue weighted by Gasteiger charge is 2.07. The van der Waals surface area contributed by atoms with Crippen molar-refractivity contribution < 1.29 is 4.74 Å². The minimum absolute atomic E-state index is 0.288. The Morgan fingerprint density at radius 2 is 2.17 bits per heavy atom. The average molecular weight is 244 g/mol. The standard InChI is InChI=1S/C15H20N2O/c1-4-18-10-12(3)17-14-8-7-11(2)15-13(14)6-5-9-16-15/h5-9,12,17H,4,10H2,1-3H3. The van der Waals surface area contributed by atoms with E-state index >= 15 is 0 Å². The van der Waals surface area contributed by atoms with Crippen LogP contribution in [-0.2, 0) is 4.74 Å². The summed E-state index contributed by atoms with van der Waals surface area (Å²) in [6.45, 7) is 7.69. The molecule has 0 fully saturated rings. The fourth-order valence-electron chi connectivity index (χ4n) is 2.04. The van der Waals surface area contributed by atoms with E-state index in [-0.39, 0.29) is 6.04 Å². The first kappa shape index (κ1) is 12.8. The molecule has 1 heterocycles. The third-order valence-corrected chi connectivity index (χ3v) is 2.95. The molecule has 0 saturated heterocycles. The lowest BCUT2D eigenvalue weighted by Gasteiger charge is -2.17. The fraction of sp³-hybridized carbons (Fsp3) is 0.400. The molecule has 3 nitrogen and oxygen atoms in total. The van der Waals surface area contributed by atoms with E-state index in [0.717, 1.165) is 17.8 Å². The van der Waals surface area contributed by atoms with Gasteiger partial charge in [-0.15, -0.1) is 0 Å². The largest absolute Gasteiger partial charge is 0.380 e. The topological polar surface area (TPSA) is 34.1 Å². The van der Waals surface area contributed by atoms with Gasteiger partial charge in [0.1, 0.15) is 0 Å². The van der Waals surface area contributed by atoms with Crippen LogP contribution in [-0.4, -0.2) is 24.2 Å². The summed E-state index contributed by atoms with van der Waals surface area (Å²) >= 11 is 0. The van der Waals surface area contributed by atoms with Gasteiger partial charge in [-0.05, 0) is 44.5 Å². The Bertz CT molecular complexity index is 525. The molecular formula is C15H20N2O. The highest BCUT2D eigenvalue weighted by atomic mass is 16.5. The minimum Gasteiger partial charge on any atom is -0.380 e. The van der Waals surface area contributed by atoms with Crippen molar-refractivity contribution in [2.75, 3.05) is 18.5 Å². The van der Waals surface area contributed by atoms with Crippen LogP contribution in [0.2, 0.25) is 0 Å². The Labute approximate surface area is 108 Å². The summed E-state index contributed by atoms with van der Waals surface area (Å²) in [5.41, 5.74) is 3.38. The first-order chi connectivity index (χ1) is 8.72. The first-order valence-electron chi connectivity index (χ1n) is 6.41. The van der Waals surface area contributed by atoms with E-state index in [1.807, 2.05) is 19.2 Å². The van der Waals surface area contributed by atoms with Crippen LogP contribution in [0.5, 0.6) is 0 Å². The molecular weight excluding hydrogens is 224 g/mol. The van der Waals surface area contributed by atoms with E-state index in [4.69, 9.17) is 4.74 Å². The summed E-state index contributed by atoms with van der Waals surface area (Å²) in [5.74, 6) is 0. The molecule has 2 rings (SSSR count). The predicted octanol–water partition coefficient (Wildman–Crippen LogP) is 3.38. The zero-order valence-electron chi connectivity index (χ0n) is 11.2. The third kappa shape index (κ3) is 2.79. The number of rotatable bonds is 5. The maximum Gasteiger partial charge on any atom is 0.0751 e. The van der Waals surface area contributed by atoms with Crippen LogP contribution in [0.25, 0.3) is 10.9 Å². The van der Waals surface area contributed by atoms with Gasteiger partial charge in [0.05, 0.1) is 12.1 Å². The van der Waals surface area contributed by atoms with Crippen molar-refractivity contribution in [3.05, 3.63) is 36.0 Å². The molecule has 1 atom stereocenters. The number of aromatic nitrogens is 1. The summed E-state index contributed by atoms with van der Waals surface area (Å²) in [5, 5.41) is 4.65. The molecule has 1 unspecified atom stereocenters. The molecule has 3 heteroatoms. The quantitative estimate of drug-likeness (QED) is 0.875. The Morgan fingerprint density at radius 1 is 1.33 bits per heavy atom. The minimum atomic E-state index is 0.288. The van der Waals surface area contributed by atoms with Crippen LogP contribution in [0.1, 0.15) is 19.4 Å². The summed E-state index contributed by atoms with van der Waals surface area (Å²) in [6.07, 6.45) is 1.84. The second kappa shape index (κ2) is 5.83. The van der Waals surface area contributed by atoms with Crippen molar-refractivity contribution in [3.8, 4) is 0 Å². The lowest BCUT2D eigenvalue weighted by atomic mass is 10.1. The zero-order chi connectivity index (χ0) is 13.0. The van der Waals surface area contributed by atoms with E-state index in [1.165, 1.54) is 10.9 Å². The van der Waals surface area contributed by atoms with Gasteiger partial charge in [-0.2, -0.15) is 0 Å².